The SMILES string of the molecule is Cc1nn(Cc2ccccc2)c(C)c1S(=O)(=O)N1CCN(C(=O)c2ccccc2Cl)CC1. The van der Waals surface area contributed by atoms with Gasteiger partial charge in [-0.05, 0) is 31.5 Å². The molecule has 0 N–H and O–H groups in total. The molecule has 3 aromatic rings. The Balaban J connectivity index is 1.50. The smallest absolute Gasteiger partial charge is 0.255 e. The third kappa shape index (κ3) is 4.30. The van der Waals surface area contributed by atoms with Crippen molar-refractivity contribution in [1.29, 1.82) is 0 Å². The van der Waals surface area contributed by atoms with Gasteiger partial charge in [0, 0.05) is 26.2 Å². The molecule has 0 aliphatic carbocycles. The van der Waals surface area contributed by atoms with Gasteiger partial charge in [0.1, 0.15) is 4.90 Å². The number of nitrogens with zero attached hydrogens (tertiary/aromatic N) is 4. The van der Waals surface area contributed by atoms with Crippen molar-refractivity contribution in [2.75, 3.05) is 26.2 Å². The molecule has 9 heteroatoms. The second kappa shape index (κ2) is 9.05. The lowest BCUT2D eigenvalue weighted by atomic mass is 10.2. The molecule has 0 atom stereocenters. The first-order valence-corrected chi connectivity index (χ1v) is 12.2. The number of halogens is 1. The molecule has 0 unspecified atom stereocenters. The highest BCUT2D eigenvalue weighted by Crippen LogP contribution is 2.26. The molecule has 1 amide bonds. The highest BCUT2D eigenvalue weighted by atomic mass is 35.5. The van der Waals surface area contributed by atoms with E-state index in [-0.39, 0.29) is 23.9 Å². The van der Waals surface area contributed by atoms with Gasteiger partial charge in [-0.25, -0.2) is 8.42 Å². The van der Waals surface area contributed by atoms with Crippen LogP contribution in [0.2, 0.25) is 5.02 Å². The highest BCUT2D eigenvalue weighted by molar-refractivity contribution is 7.89. The monoisotopic (exact) mass is 472 g/mol. The van der Waals surface area contributed by atoms with Gasteiger partial charge >= 0.3 is 0 Å². The summed E-state index contributed by atoms with van der Waals surface area (Å²) in [5.74, 6) is -0.185. The molecule has 1 aliphatic heterocycles. The highest BCUT2D eigenvalue weighted by Gasteiger charge is 2.34. The number of carbonyl (C=O) groups is 1. The van der Waals surface area contributed by atoms with E-state index in [4.69, 9.17) is 11.6 Å². The molecule has 4 rings (SSSR count). The fraction of sp³-hybridized carbons (Fsp3) is 0.304. The van der Waals surface area contributed by atoms with E-state index in [1.165, 1.54) is 4.31 Å². The van der Waals surface area contributed by atoms with Crippen LogP contribution >= 0.6 is 11.6 Å². The van der Waals surface area contributed by atoms with Crippen LogP contribution in [0.5, 0.6) is 0 Å². The van der Waals surface area contributed by atoms with Gasteiger partial charge < -0.3 is 4.90 Å². The Morgan fingerprint density at radius 1 is 0.969 bits per heavy atom. The number of piperazine rings is 1. The minimum absolute atomic E-state index is 0.185. The van der Waals surface area contributed by atoms with E-state index in [1.54, 1.807) is 47.7 Å². The first kappa shape index (κ1) is 22.5. The summed E-state index contributed by atoms with van der Waals surface area (Å²) >= 11 is 6.15. The third-order valence-electron chi connectivity index (χ3n) is 5.72. The second-order valence-corrected chi connectivity index (χ2v) is 10.1. The lowest BCUT2D eigenvalue weighted by molar-refractivity contribution is 0.0698. The average Bonchev–Trinajstić information content (AvgIpc) is 3.07. The standard InChI is InChI=1S/C23H25ClN4O3S/c1-17-22(18(2)28(25-17)16-19-8-4-3-5-9-19)32(30,31)27-14-12-26(13-15-27)23(29)20-10-6-7-11-21(20)24/h3-11H,12-16H2,1-2H3. The molecule has 0 spiro atoms. The summed E-state index contributed by atoms with van der Waals surface area (Å²) in [6, 6.07) is 16.7. The van der Waals surface area contributed by atoms with E-state index in [2.05, 4.69) is 5.10 Å². The Morgan fingerprint density at radius 3 is 2.25 bits per heavy atom. The van der Waals surface area contributed by atoms with Crippen molar-refractivity contribution in [3.63, 3.8) is 0 Å². The minimum atomic E-state index is -3.73. The number of sulfonamides is 1. The zero-order chi connectivity index (χ0) is 22.9. The van der Waals surface area contributed by atoms with Crippen LogP contribution in [-0.4, -0.2) is 59.5 Å². The van der Waals surface area contributed by atoms with Crippen molar-refractivity contribution >= 4 is 27.5 Å². The maximum absolute atomic E-state index is 13.4. The fourth-order valence-electron chi connectivity index (χ4n) is 4.03. The molecule has 1 aromatic heterocycles. The second-order valence-electron chi connectivity index (χ2n) is 7.82. The lowest BCUT2D eigenvalue weighted by Gasteiger charge is -2.34. The first-order valence-electron chi connectivity index (χ1n) is 10.4. The largest absolute Gasteiger partial charge is 0.336 e. The Labute approximate surface area is 193 Å². The molecule has 2 aromatic carbocycles. The molecular weight excluding hydrogens is 448 g/mol. The molecule has 32 heavy (non-hydrogen) atoms. The number of aryl methyl sites for hydroxylation is 1. The fourth-order valence-corrected chi connectivity index (χ4v) is 6.04. The number of carbonyl (C=O) groups excluding carboxylic acids is 1. The number of amides is 1. The van der Waals surface area contributed by atoms with Crippen LogP contribution in [0.1, 0.15) is 27.3 Å². The Morgan fingerprint density at radius 2 is 1.59 bits per heavy atom. The van der Waals surface area contributed by atoms with Crippen LogP contribution in [-0.2, 0) is 16.6 Å². The number of hydrogen-bond acceptors (Lipinski definition) is 4. The number of benzene rings is 2. The van der Waals surface area contributed by atoms with Gasteiger partial charge in [-0.15, -0.1) is 0 Å². The van der Waals surface area contributed by atoms with Gasteiger partial charge in [0.05, 0.1) is 28.5 Å². The van der Waals surface area contributed by atoms with E-state index < -0.39 is 10.0 Å². The zero-order valence-electron chi connectivity index (χ0n) is 18.0. The Hall–Kier alpha value is -2.68. The number of aromatic nitrogens is 2. The minimum Gasteiger partial charge on any atom is -0.336 e. The molecule has 1 fully saturated rings. The van der Waals surface area contributed by atoms with Crippen molar-refractivity contribution < 1.29 is 13.2 Å². The van der Waals surface area contributed by atoms with Crippen molar-refractivity contribution in [1.82, 2.24) is 19.0 Å². The Kier molecular flexibility index (Phi) is 6.37. The van der Waals surface area contributed by atoms with Crippen molar-refractivity contribution in [3.8, 4) is 0 Å². The third-order valence-corrected chi connectivity index (χ3v) is 8.20. The molecule has 2 heterocycles. The predicted octanol–water partition coefficient (Wildman–Crippen LogP) is 3.35. The van der Waals surface area contributed by atoms with Gasteiger partial charge in [-0.1, -0.05) is 54.1 Å². The van der Waals surface area contributed by atoms with Crippen LogP contribution in [0.25, 0.3) is 0 Å². The molecule has 7 nitrogen and oxygen atoms in total. The van der Waals surface area contributed by atoms with Gasteiger partial charge in [-0.2, -0.15) is 9.40 Å². The van der Waals surface area contributed by atoms with Crippen molar-refractivity contribution in [2.24, 2.45) is 0 Å². The summed E-state index contributed by atoms with van der Waals surface area (Å²) in [6.07, 6.45) is 0. The van der Waals surface area contributed by atoms with E-state index in [9.17, 15) is 13.2 Å². The topological polar surface area (TPSA) is 75.5 Å². The van der Waals surface area contributed by atoms with Crippen molar-refractivity contribution in [2.45, 2.75) is 25.3 Å². The summed E-state index contributed by atoms with van der Waals surface area (Å²) in [5, 5.41) is 4.88. The van der Waals surface area contributed by atoms with Gasteiger partial charge in [-0.3, -0.25) is 9.48 Å². The van der Waals surface area contributed by atoms with Gasteiger partial charge in [0.25, 0.3) is 5.91 Å². The lowest BCUT2D eigenvalue weighted by Crippen LogP contribution is -2.50. The van der Waals surface area contributed by atoms with E-state index in [1.807, 2.05) is 30.3 Å². The predicted molar refractivity (Wildman–Crippen MR) is 123 cm³/mol. The van der Waals surface area contributed by atoms with Crippen LogP contribution in [0.3, 0.4) is 0 Å². The van der Waals surface area contributed by atoms with E-state index in [0.29, 0.717) is 41.6 Å². The van der Waals surface area contributed by atoms with E-state index in [0.717, 1.165) is 5.56 Å². The summed E-state index contributed by atoms with van der Waals surface area (Å²) < 4.78 is 30.1. The summed E-state index contributed by atoms with van der Waals surface area (Å²) in [4.78, 5) is 14.7. The molecule has 168 valence electrons. The van der Waals surface area contributed by atoms with Crippen LogP contribution in [0.4, 0.5) is 0 Å². The summed E-state index contributed by atoms with van der Waals surface area (Å²) in [5.41, 5.74) is 2.57. The van der Waals surface area contributed by atoms with E-state index >= 15 is 0 Å². The van der Waals surface area contributed by atoms with Gasteiger partial charge in [0.2, 0.25) is 10.0 Å². The van der Waals surface area contributed by atoms with Gasteiger partial charge in [0.15, 0.2) is 0 Å². The first-order chi connectivity index (χ1) is 15.3. The van der Waals surface area contributed by atoms with Crippen molar-refractivity contribution in [3.05, 3.63) is 82.1 Å². The maximum Gasteiger partial charge on any atom is 0.255 e. The molecule has 0 radical (unpaired) electrons. The Bertz CT molecular complexity index is 1230. The molecule has 0 bridgehead atoms. The zero-order valence-corrected chi connectivity index (χ0v) is 19.6. The quantitative estimate of drug-likeness (QED) is 0.570. The molecule has 1 aliphatic rings. The van der Waals surface area contributed by atoms with Crippen LogP contribution in [0, 0.1) is 13.8 Å². The van der Waals surface area contributed by atoms with Crippen LogP contribution < -0.4 is 0 Å². The maximum atomic E-state index is 13.4. The average molecular weight is 473 g/mol. The summed E-state index contributed by atoms with van der Waals surface area (Å²) in [7, 11) is -3.73. The normalized spacial score (nSPS) is 15.2. The summed E-state index contributed by atoms with van der Waals surface area (Å²) in [6.45, 7) is 5.07. The molecule has 0 saturated carbocycles. The number of hydrogen-bond donors (Lipinski definition) is 0. The molecular formula is C23H25ClN4O3S. The molecule has 1 saturated heterocycles. The number of rotatable bonds is 5. The van der Waals surface area contributed by atoms with Crippen LogP contribution in [0.15, 0.2) is 59.5 Å².